The maximum Gasteiger partial charge on any atom is 0.252 e. The molecule has 0 aliphatic rings. The van der Waals surface area contributed by atoms with E-state index in [1.807, 2.05) is 0 Å². The molecule has 4 rings (SSSR count). The van der Waals surface area contributed by atoms with E-state index in [0.29, 0.717) is 52.2 Å². The number of terminal acetylenes is 1. The molecular weight excluding hydrogens is 398 g/mol. The number of benzene rings is 2. The van der Waals surface area contributed by atoms with E-state index in [0.717, 1.165) is 0 Å². The molecule has 2 aromatic carbocycles. The number of rotatable bonds is 5. The summed E-state index contributed by atoms with van der Waals surface area (Å²) < 4.78 is 26.9. The Labute approximate surface area is 177 Å². The van der Waals surface area contributed by atoms with Gasteiger partial charge in [0.1, 0.15) is 17.2 Å². The smallest absolute Gasteiger partial charge is 0.252 e. The lowest BCUT2D eigenvalue weighted by Gasteiger charge is -2.11. The van der Waals surface area contributed by atoms with Crippen molar-refractivity contribution >= 4 is 17.1 Å². The van der Waals surface area contributed by atoms with Crippen LogP contribution in [-0.4, -0.2) is 27.4 Å². The molecule has 1 N–H and O–H groups in total. The summed E-state index contributed by atoms with van der Waals surface area (Å²) >= 11 is 0. The molecule has 0 radical (unpaired) electrons. The lowest BCUT2D eigenvalue weighted by Crippen LogP contribution is -2.24. The molecule has 0 saturated heterocycles. The van der Waals surface area contributed by atoms with Crippen molar-refractivity contribution in [3.05, 3.63) is 78.0 Å². The van der Waals surface area contributed by atoms with Crippen molar-refractivity contribution in [1.29, 1.82) is 0 Å². The Hall–Kier alpha value is -4.18. The van der Waals surface area contributed by atoms with E-state index in [1.54, 1.807) is 30.3 Å². The third-order valence-corrected chi connectivity index (χ3v) is 4.57. The van der Waals surface area contributed by atoms with Crippen molar-refractivity contribution in [2.75, 3.05) is 6.54 Å². The molecule has 2 aromatic heterocycles. The van der Waals surface area contributed by atoms with E-state index in [2.05, 4.69) is 26.2 Å². The fraction of sp³-hybridized carbons (Fsp3) is 0.0833. The Kier molecular flexibility index (Phi) is 5.63. The Morgan fingerprint density at radius 3 is 2.10 bits per heavy atom. The van der Waals surface area contributed by atoms with Crippen LogP contribution in [0.5, 0.6) is 0 Å². The topological polar surface area (TPSA) is 67.8 Å². The molecule has 2 heterocycles. The summed E-state index contributed by atoms with van der Waals surface area (Å²) in [6.45, 7) is 0.351. The van der Waals surface area contributed by atoms with Crippen molar-refractivity contribution < 1.29 is 13.6 Å². The molecule has 4 aromatic rings. The Balaban J connectivity index is 1.84. The zero-order valence-electron chi connectivity index (χ0n) is 16.3. The third-order valence-electron chi connectivity index (χ3n) is 4.57. The standard InChI is InChI=1S/C24H16F2N4O/c1-2-3-12-27-24(31)17-13-20-23(28-14-17)30-22(16-6-10-19(26)11-7-16)21(29-20)15-4-8-18(25)9-5-15/h1,4-11,13-14H,3,12H2,(H,27,31). The van der Waals surface area contributed by atoms with Crippen LogP contribution in [0.2, 0.25) is 0 Å². The first-order chi connectivity index (χ1) is 15.0. The van der Waals surface area contributed by atoms with Gasteiger partial charge in [-0.2, -0.15) is 0 Å². The minimum absolute atomic E-state index is 0.318. The van der Waals surface area contributed by atoms with Crippen molar-refractivity contribution in [2.45, 2.75) is 6.42 Å². The number of hydrogen-bond acceptors (Lipinski definition) is 4. The molecule has 0 saturated carbocycles. The van der Waals surface area contributed by atoms with Crippen LogP contribution in [0, 0.1) is 24.0 Å². The molecule has 0 spiro atoms. The molecule has 0 fully saturated rings. The second kappa shape index (κ2) is 8.67. The number of nitrogens with zero attached hydrogens (tertiary/aromatic N) is 3. The molecule has 31 heavy (non-hydrogen) atoms. The lowest BCUT2D eigenvalue weighted by molar-refractivity contribution is 0.0954. The molecule has 0 aliphatic carbocycles. The van der Waals surface area contributed by atoms with Gasteiger partial charge in [-0.3, -0.25) is 4.79 Å². The van der Waals surface area contributed by atoms with Gasteiger partial charge in [-0.05, 0) is 54.6 Å². The van der Waals surface area contributed by atoms with Gasteiger partial charge < -0.3 is 5.32 Å². The minimum atomic E-state index is -0.381. The predicted molar refractivity (Wildman–Crippen MR) is 114 cm³/mol. The molecule has 0 atom stereocenters. The summed E-state index contributed by atoms with van der Waals surface area (Å²) in [6, 6.07) is 13.2. The Morgan fingerprint density at radius 1 is 0.935 bits per heavy atom. The van der Waals surface area contributed by atoms with Gasteiger partial charge in [0.2, 0.25) is 0 Å². The van der Waals surface area contributed by atoms with Crippen LogP contribution in [0.4, 0.5) is 8.78 Å². The quantitative estimate of drug-likeness (QED) is 0.389. The summed E-state index contributed by atoms with van der Waals surface area (Å²) in [5.41, 5.74) is 3.23. The molecule has 0 aliphatic heterocycles. The van der Waals surface area contributed by atoms with Crippen molar-refractivity contribution in [1.82, 2.24) is 20.3 Å². The van der Waals surface area contributed by atoms with Crippen LogP contribution < -0.4 is 5.32 Å². The second-order valence-electron chi connectivity index (χ2n) is 6.71. The molecule has 0 bridgehead atoms. The van der Waals surface area contributed by atoms with E-state index in [4.69, 9.17) is 6.42 Å². The fourth-order valence-corrected chi connectivity index (χ4v) is 3.04. The van der Waals surface area contributed by atoms with Gasteiger partial charge in [0, 0.05) is 30.3 Å². The zero-order chi connectivity index (χ0) is 21.8. The average Bonchev–Trinajstić information content (AvgIpc) is 2.79. The largest absolute Gasteiger partial charge is 0.351 e. The molecule has 1 amide bonds. The number of carbonyl (C=O) groups is 1. The lowest BCUT2D eigenvalue weighted by atomic mass is 10.0. The van der Waals surface area contributed by atoms with Gasteiger partial charge in [0.15, 0.2) is 5.65 Å². The number of pyridine rings is 1. The zero-order valence-corrected chi connectivity index (χ0v) is 16.3. The number of halogens is 2. The second-order valence-corrected chi connectivity index (χ2v) is 6.71. The fourth-order valence-electron chi connectivity index (χ4n) is 3.04. The van der Waals surface area contributed by atoms with Gasteiger partial charge in [0.25, 0.3) is 5.91 Å². The van der Waals surface area contributed by atoms with E-state index in [1.165, 1.54) is 30.5 Å². The minimum Gasteiger partial charge on any atom is -0.351 e. The van der Waals surface area contributed by atoms with Gasteiger partial charge in [-0.25, -0.2) is 23.7 Å². The molecule has 152 valence electrons. The highest BCUT2D eigenvalue weighted by atomic mass is 19.1. The van der Waals surface area contributed by atoms with Gasteiger partial charge in [-0.15, -0.1) is 12.3 Å². The van der Waals surface area contributed by atoms with Crippen LogP contribution >= 0.6 is 0 Å². The van der Waals surface area contributed by atoms with Crippen LogP contribution in [0.25, 0.3) is 33.7 Å². The average molecular weight is 414 g/mol. The summed E-state index contributed by atoms with van der Waals surface area (Å²) in [4.78, 5) is 25.9. The van der Waals surface area contributed by atoms with E-state index < -0.39 is 0 Å². The third kappa shape index (κ3) is 4.38. The summed E-state index contributed by atoms with van der Waals surface area (Å²) in [5.74, 6) is 1.38. The summed E-state index contributed by atoms with van der Waals surface area (Å²) in [6.07, 6.45) is 7.03. The van der Waals surface area contributed by atoms with Crippen LogP contribution in [0.1, 0.15) is 16.8 Å². The highest BCUT2D eigenvalue weighted by Crippen LogP contribution is 2.31. The van der Waals surface area contributed by atoms with Gasteiger partial charge in [-0.1, -0.05) is 0 Å². The number of fused-ring (bicyclic) bond motifs is 1. The number of nitrogens with one attached hydrogen (secondary N) is 1. The highest BCUT2D eigenvalue weighted by molar-refractivity contribution is 5.97. The first-order valence-corrected chi connectivity index (χ1v) is 9.46. The van der Waals surface area contributed by atoms with Gasteiger partial charge >= 0.3 is 0 Å². The maximum atomic E-state index is 13.4. The van der Waals surface area contributed by atoms with Crippen molar-refractivity contribution in [3.8, 4) is 34.9 Å². The molecule has 0 unspecified atom stereocenters. The SMILES string of the molecule is C#CCCNC(=O)c1cnc2nc(-c3ccc(F)cc3)c(-c3ccc(F)cc3)nc2c1. The van der Waals surface area contributed by atoms with Crippen LogP contribution in [0.3, 0.4) is 0 Å². The summed E-state index contributed by atoms with van der Waals surface area (Å²) in [7, 11) is 0. The van der Waals surface area contributed by atoms with Crippen LogP contribution in [0.15, 0.2) is 60.8 Å². The molecule has 7 heteroatoms. The van der Waals surface area contributed by atoms with E-state index >= 15 is 0 Å². The van der Waals surface area contributed by atoms with Crippen molar-refractivity contribution in [3.63, 3.8) is 0 Å². The maximum absolute atomic E-state index is 13.4. The Morgan fingerprint density at radius 2 is 1.52 bits per heavy atom. The van der Waals surface area contributed by atoms with Gasteiger partial charge in [0.05, 0.1) is 17.0 Å². The highest BCUT2D eigenvalue weighted by Gasteiger charge is 2.16. The van der Waals surface area contributed by atoms with Crippen molar-refractivity contribution in [2.24, 2.45) is 0 Å². The van der Waals surface area contributed by atoms with Crippen LogP contribution in [-0.2, 0) is 0 Å². The first kappa shape index (κ1) is 20.1. The normalized spacial score (nSPS) is 10.6. The predicted octanol–water partition coefficient (Wildman–Crippen LogP) is 4.39. The van der Waals surface area contributed by atoms with E-state index in [-0.39, 0.29) is 17.5 Å². The number of aromatic nitrogens is 3. The number of hydrogen-bond donors (Lipinski definition) is 1. The number of amides is 1. The number of carbonyl (C=O) groups excluding carboxylic acids is 1. The Bertz CT molecular complexity index is 1300. The first-order valence-electron chi connectivity index (χ1n) is 9.46. The monoisotopic (exact) mass is 414 g/mol. The van der Waals surface area contributed by atoms with E-state index in [9.17, 15) is 13.6 Å². The summed E-state index contributed by atoms with van der Waals surface area (Å²) in [5, 5.41) is 2.71. The molecule has 5 nitrogen and oxygen atoms in total. The molecular formula is C24H16F2N4O.